The van der Waals surface area contributed by atoms with Gasteiger partial charge in [0.15, 0.2) is 0 Å². The Balaban J connectivity index is 1.33. The number of hydrogen-bond donors (Lipinski definition) is 0. The lowest BCUT2D eigenvalue weighted by Gasteiger charge is -2.27. The minimum Gasteiger partial charge on any atom is -0.309 e. The van der Waals surface area contributed by atoms with Crippen molar-refractivity contribution in [2.75, 3.05) is 4.90 Å². The van der Waals surface area contributed by atoms with Crippen LogP contribution in [-0.4, -0.2) is 0 Å². The zero-order valence-electron chi connectivity index (χ0n) is 25.1. The Labute approximate surface area is 272 Å². The second kappa shape index (κ2) is 11.0. The van der Waals surface area contributed by atoms with Gasteiger partial charge >= 0.3 is 0 Å². The molecule has 0 bridgehead atoms. The quantitative estimate of drug-likeness (QED) is 0.189. The summed E-state index contributed by atoms with van der Waals surface area (Å²) in [7, 11) is 0. The van der Waals surface area contributed by atoms with Crippen LogP contribution in [0.25, 0.3) is 64.0 Å². The summed E-state index contributed by atoms with van der Waals surface area (Å²) in [6.07, 6.45) is 0. The first-order chi connectivity index (χ1) is 22.8. The summed E-state index contributed by atoms with van der Waals surface area (Å²) in [6, 6.07) is 63.8. The zero-order chi connectivity index (χ0) is 30.5. The number of benzene rings is 8. The molecule has 216 valence electrons. The minimum absolute atomic E-state index is 1.14. The predicted molar refractivity (Wildman–Crippen MR) is 200 cm³/mol. The van der Waals surface area contributed by atoms with Gasteiger partial charge in [-0.1, -0.05) is 140 Å². The van der Waals surface area contributed by atoms with E-state index in [0.29, 0.717) is 0 Å². The van der Waals surface area contributed by atoms with Gasteiger partial charge in [-0.05, 0) is 74.8 Å². The van der Waals surface area contributed by atoms with E-state index in [4.69, 9.17) is 0 Å². The topological polar surface area (TPSA) is 3.24 Å². The van der Waals surface area contributed by atoms with E-state index in [0.717, 1.165) is 11.4 Å². The summed E-state index contributed by atoms with van der Waals surface area (Å²) < 4.78 is 2.61. The fourth-order valence-electron chi connectivity index (χ4n) is 6.84. The number of rotatable bonds is 5. The third-order valence-corrected chi connectivity index (χ3v) is 10.3. The first kappa shape index (κ1) is 26.7. The summed E-state index contributed by atoms with van der Waals surface area (Å²) in [5.41, 5.74) is 8.39. The van der Waals surface area contributed by atoms with Gasteiger partial charge in [0.05, 0.1) is 10.4 Å². The van der Waals surface area contributed by atoms with Crippen molar-refractivity contribution in [2.24, 2.45) is 0 Å². The van der Waals surface area contributed by atoms with Crippen molar-refractivity contribution in [3.63, 3.8) is 0 Å². The summed E-state index contributed by atoms with van der Waals surface area (Å²) in [5, 5.41) is 7.64. The molecular weight excluding hydrogens is 575 g/mol. The molecule has 0 saturated carbocycles. The highest BCUT2D eigenvalue weighted by Crippen LogP contribution is 2.48. The van der Waals surface area contributed by atoms with E-state index in [1.54, 1.807) is 0 Å². The first-order valence-electron chi connectivity index (χ1n) is 15.7. The van der Waals surface area contributed by atoms with Gasteiger partial charge in [0.1, 0.15) is 0 Å². The van der Waals surface area contributed by atoms with E-state index in [-0.39, 0.29) is 0 Å². The van der Waals surface area contributed by atoms with E-state index >= 15 is 0 Å². The van der Waals surface area contributed by atoms with Gasteiger partial charge in [-0.15, -0.1) is 11.3 Å². The van der Waals surface area contributed by atoms with Gasteiger partial charge in [0.25, 0.3) is 0 Å². The van der Waals surface area contributed by atoms with Gasteiger partial charge in [-0.3, -0.25) is 0 Å². The summed E-state index contributed by atoms with van der Waals surface area (Å²) in [4.78, 5) is 2.44. The second-order valence-corrected chi connectivity index (χ2v) is 12.8. The number of thiophene rings is 1. The first-order valence-corrected chi connectivity index (χ1v) is 16.5. The molecule has 9 aromatic rings. The standard InChI is InChI=1S/C44H29NS/c1-3-13-30(14-4-1)34-19-11-20-35(27-34)45(36-26-25-31-15-7-8-18-33(31)28-36)42-24-12-23-39-41-29-40(32-16-5-2-6-17-32)37-21-9-10-22-38(37)43(41)46-44(39)42/h1-29H. The smallest absolute Gasteiger partial charge is 0.0640 e. The molecule has 0 saturated heterocycles. The molecule has 1 heterocycles. The predicted octanol–water partition coefficient (Wildman–Crippen LogP) is 13.2. The van der Waals surface area contributed by atoms with Crippen LogP contribution < -0.4 is 4.90 Å². The third kappa shape index (κ3) is 4.46. The molecule has 8 aromatic carbocycles. The lowest BCUT2D eigenvalue weighted by Crippen LogP contribution is -2.10. The highest BCUT2D eigenvalue weighted by atomic mass is 32.1. The molecule has 1 nitrogen and oxygen atoms in total. The molecule has 0 aliphatic carbocycles. The van der Waals surface area contributed by atoms with Crippen LogP contribution in [-0.2, 0) is 0 Å². The highest BCUT2D eigenvalue weighted by molar-refractivity contribution is 7.27. The molecule has 0 unspecified atom stereocenters. The molecule has 0 aliphatic heterocycles. The van der Waals surface area contributed by atoms with Crippen molar-refractivity contribution in [1.29, 1.82) is 0 Å². The molecule has 1 aromatic heterocycles. The molecule has 0 N–H and O–H groups in total. The Bertz CT molecular complexity index is 2530. The molecule has 0 fully saturated rings. The van der Waals surface area contributed by atoms with Crippen LogP contribution in [0.2, 0.25) is 0 Å². The van der Waals surface area contributed by atoms with Gasteiger partial charge in [0.2, 0.25) is 0 Å². The molecule has 2 heteroatoms. The van der Waals surface area contributed by atoms with Gasteiger partial charge in [-0.2, -0.15) is 0 Å². The molecule has 0 amide bonds. The van der Waals surface area contributed by atoms with Crippen LogP contribution in [0.3, 0.4) is 0 Å². The molecule has 46 heavy (non-hydrogen) atoms. The van der Waals surface area contributed by atoms with Crippen LogP contribution in [0, 0.1) is 0 Å². The fraction of sp³-hybridized carbons (Fsp3) is 0. The molecule has 0 atom stereocenters. The molecular formula is C44H29NS. The van der Waals surface area contributed by atoms with Gasteiger partial charge in [-0.25, -0.2) is 0 Å². The Morgan fingerprint density at radius 1 is 0.348 bits per heavy atom. The monoisotopic (exact) mass is 603 g/mol. The van der Waals surface area contributed by atoms with E-state index in [1.165, 1.54) is 69.7 Å². The minimum atomic E-state index is 1.14. The Morgan fingerprint density at radius 3 is 1.78 bits per heavy atom. The molecule has 0 aliphatic rings. The maximum absolute atomic E-state index is 2.44. The number of fused-ring (bicyclic) bond motifs is 6. The SMILES string of the molecule is c1ccc(-c2cccc(N(c3ccc4ccccc4c3)c3cccc4c3sc3c5ccccc5c(-c5ccccc5)cc43)c2)cc1. The van der Waals surface area contributed by atoms with E-state index in [9.17, 15) is 0 Å². The maximum atomic E-state index is 2.44. The van der Waals surface area contributed by atoms with E-state index in [2.05, 4.69) is 181 Å². The third-order valence-electron chi connectivity index (χ3n) is 9.01. The Kier molecular flexibility index (Phi) is 6.40. The van der Waals surface area contributed by atoms with Crippen LogP contribution >= 0.6 is 11.3 Å². The Hall–Kier alpha value is -5.70. The summed E-state index contributed by atoms with van der Waals surface area (Å²) in [6.45, 7) is 0. The largest absolute Gasteiger partial charge is 0.309 e. The van der Waals surface area contributed by atoms with Crippen molar-refractivity contribution in [1.82, 2.24) is 0 Å². The van der Waals surface area contributed by atoms with Crippen LogP contribution in [0.1, 0.15) is 0 Å². The van der Waals surface area contributed by atoms with Crippen molar-refractivity contribution in [2.45, 2.75) is 0 Å². The van der Waals surface area contributed by atoms with Gasteiger partial charge < -0.3 is 4.90 Å². The van der Waals surface area contributed by atoms with E-state index in [1.807, 2.05) is 11.3 Å². The van der Waals surface area contributed by atoms with Gasteiger partial charge in [0, 0.05) is 32.2 Å². The number of anilines is 3. The normalized spacial score (nSPS) is 11.5. The number of hydrogen-bond acceptors (Lipinski definition) is 2. The molecule has 0 radical (unpaired) electrons. The van der Waals surface area contributed by atoms with Crippen molar-refractivity contribution in [3.05, 3.63) is 176 Å². The second-order valence-electron chi connectivity index (χ2n) is 11.8. The Morgan fingerprint density at radius 2 is 0.957 bits per heavy atom. The average Bonchev–Trinajstić information content (AvgIpc) is 3.52. The lowest BCUT2D eigenvalue weighted by atomic mass is 9.95. The zero-order valence-corrected chi connectivity index (χ0v) is 25.9. The van der Waals surface area contributed by atoms with Crippen molar-refractivity contribution < 1.29 is 0 Å². The highest BCUT2D eigenvalue weighted by Gasteiger charge is 2.20. The summed E-state index contributed by atoms with van der Waals surface area (Å²) in [5.74, 6) is 0. The van der Waals surface area contributed by atoms with Crippen LogP contribution in [0.15, 0.2) is 176 Å². The van der Waals surface area contributed by atoms with Crippen LogP contribution in [0.5, 0.6) is 0 Å². The summed E-state index contributed by atoms with van der Waals surface area (Å²) >= 11 is 1.90. The molecule has 0 spiro atoms. The van der Waals surface area contributed by atoms with Crippen LogP contribution in [0.4, 0.5) is 17.1 Å². The maximum Gasteiger partial charge on any atom is 0.0640 e. The fourth-order valence-corrected chi connectivity index (χ4v) is 8.16. The number of nitrogens with zero attached hydrogens (tertiary/aromatic N) is 1. The average molecular weight is 604 g/mol. The lowest BCUT2D eigenvalue weighted by molar-refractivity contribution is 1.31. The van der Waals surface area contributed by atoms with Crippen molar-refractivity contribution in [3.8, 4) is 22.3 Å². The van der Waals surface area contributed by atoms with Crippen molar-refractivity contribution >= 4 is 70.1 Å². The molecule has 9 rings (SSSR count). The van der Waals surface area contributed by atoms with E-state index < -0.39 is 0 Å².